The van der Waals surface area contributed by atoms with Crippen LogP contribution in [0.15, 0.2) is 11.1 Å². The monoisotopic (exact) mass is 195 g/mol. The number of hydrogen-bond donors (Lipinski definition) is 2. The van der Waals surface area contributed by atoms with E-state index in [2.05, 4.69) is 5.32 Å². The smallest absolute Gasteiger partial charge is 0.318 e. The molecule has 1 fully saturated rings. The number of nitrogens with one attached hydrogen (secondary N) is 1. The van der Waals surface area contributed by atoms with Gasteiger partial charge in [-0.2, -0.15) is 0 Å². The number of nitrogens with zero attached hydrogens (tertiary/aromatic N) is 1. The van der Waals surface area contributed by atoms with Gasteiger partial charge in [0, 0.05) is 6.54 Å². The standard InChI is InChI=1S/C9H13N3O2/c1-4-5(2)7(8(10)13)12-3-6(4)11-9(12)14/h6-7H,3H2,1-2H3,(H2,10,13)(H,11,14). The number of hydrogen-bond acceptors (Lipinski definition) is 2. The van der Waals surface area contributed by atoms with Crippen LogP contribution in [-0.4, -0.2) is 35.5 Å². The van der Waals surface area contributed by atoms with Gasteiger partial charge in [0.25, 0.3) is 0 Å². The van der Waals surface area contributed by atoms with Crippen molar-refractivity contribution in [2.24, 2.45) is 5.73 Å². The minimum absolute atomic E-state index is 0.0538. The van der Waals surface area contributed by atoms with Crippen molar-refractivity contribution in [1.82, 2.24) is 10.2 Å². The number of urea groups is 1. The van der Waals surface area contributed by atoms with E-state index in [1.807, 2.05) is 13.8 Å². The quantitative estimate of drug-likeness (QED) is 0.558. The minimum atomic E-state index is -0.561. The highest BCUT2D eigenvalue weighted by molar-refractivity contribution is 5.91. The molecule has 76 valence electrons. The summed E-state index contributed by atoms with van der Waals surface area (Å²) in [6.07, 6.45) is 0. The molecule has 5 heteroatoms. The fourth-order valence-electron chi connectivity index (χ4n) is 2.12. The second-order valence-electron chi connectivity index (χ2n) is 3.83. The average molecular weight is 195 g/mol. The second kappa shape index (κ2) is 2.73. The Morgan fingerprint density at radius 2 is 2.14 bits per heavy atom. The third-order valence-electron chi connectivity index (χ3n) is 3.07. The first kappa shape index (κ1) is 9.05. The molecule has 0 aliphatic carbocycles. The molecule has 2 unspecified atom stereocenters. The molecule has 3 N–H and O–H groups in total. The maximum Gasteiger partial charge on any atom is 0.318 e. The van der Waals surface area contributed by atoms with Crippen LogP contribution in [0.5, 0.6) is 0 Å². The van der Waals surface area contributed by atoms with Gasteiger partial charge in [-0.25, -0.2) is 4.79 Å². The van der Waals surface area contributed by atoms with E-state index in [1.54, 1.807) is 0 Å². The van der Waals surface area contributed by atoms with Crippen molar-refractivity contribution in [3.63, 3.8) is 0 Å². The van der Waals surface area contributed by atoms with E-state index in [4.69, 9.17) is 5.73 Å². The molecule has 2 aliphatic rings. The van der Waals surface area contributed by atoms with Crippen LogP contribution >= 0.6 is 0 Å². The van der Waals surface area contributed by atoms with Gasteiger partial charge in [-0.05, 0) is 25.0 Å². The van der Waals surface area contributed by atoms with E-state index >= 15 is 0 Å². The van der Waals surface area contributed by atoms with Crippen molar-refractivity contribution in [3.05, 3.63) is 11.1 Å². The molecule has 0 aromatic rings. The van der Waals surface area contributed by atoms with Crippen LogP contribution in [0.4, 0.5) is 4.79 Å². The van der Waals surface area contributed by atoms with Gasteiger partial charge in [0.2, 0.25) is 5.91 Å². The van der Waals surface area contributed by atoms with Crippen molar-refractivity contribution in [2.45, 2.75) is 25.9 Å². The molecule has 0 saturated carbocycles. The topological polar surface area (TPSA) is 75.4 Å². The molecule has 2 atom stereocenters. The Kier molecular flexibility index (Phi) is 1.77. The van der Waals surface area contributed by atoms with Crippen LogP contribution in [0.2, 0.25) is 0 Å². The molecule has 2 bridgehead atoms. The minimum Gasteiger partial charge on any atom is -0.368 e. The van der Waals surface area contributed by atoms with Crippen LogP contribution in [-0.2, 0) is 4.79 Å². The lowest BCUT2D eigenvalue weighted by Crippen LogP contribution is -2.48. The predicted molar refractivity (Wildman–Crippen MR) is 50.4 cm³/mol. The van der Waals surface area contributed by atoms with Gasteiger partial charge < -0.3 is 16.0 Å². The fraction of sp³-hybridized carbons (Fsp3) is 0.556. The number of amides is 3. The van der Waals surface area contributed by atoms with Gasteiger partial charge in [0.15, 0.2) is 0 Å². The maximum atomic E-state index is 11.4. The maximum absolute atomic E-state index is 11.4. The lowest BCUT2D eigenvalue weighted by Gasteiger charge is -2.30. The summed E-state index contributed by atoms with van der Waals surface area (Å²) in [5, 5.41) is 2.80. The van der Waals surface area contributed by atoms with E-state index in [1.165, 1.54) is 4.90 Å². The van der Waals surface area contributed by atoms with Gasteiger partial charge in [-0.15, -0.1) is 0 Å². The van der Waals surface area contributed by atoms with E-state index in [9.17, 15) is 9.59 Å². The molecule has 3 amide bonds. The Balaban J connectivity index is 2.45. The molecule has 14 heavy (non-hydrogen) atoms. The summed E-state index contributed by atoms with van der Waals surface area (Å²) in [5.74, 6) is -0.461. The molecular weight excluding hydrogens is 182 g/mol. The van der Waals surface area contributed by atoms with Gasteiger partial charge in [0.1, 0.15) is 6.04 Å². The Morgan fingerprint density at radius 3 is 2.71 bits per heavy atom. The molecule has 2 heterocycles. The molecule has 0 aromatic carbocycles. The highest BCUT2D eigenvalue weighted by Gasteiger charge is 2.43. The zero-order chi connectivity index (χ0) is 10.5. The van der Waals surface area contributed by atoms with Crippen LogP contribution in [0.1, 0.15) is 13.8 Å². The number of carbonyl (C=O) groups is 2. The van der Waals surface area contributed by atoms with Crippen LogP contribution in [0, 0.1) is 0 Å². The van der Waals surface area contributed by atoms with Gasteiger partial charge in [-0.1, -0.05) is 0 Å². The summed E-state index contributed by atoms with van der Waals surface area (Å²) in [5.41, 5.74) is 7.22. The highest BCUT2D eigenvalue weighted by Crippen LogP contribution is 2.27. The molecule has 0 spiro atoms. The van der Waals surface area contributed by atoms with Crippen molar-refractivity contribution < 1.29 is 9.59 Å². The van der Waals surface area contributed by atoms with Crippen molar-refractivity contribution in [1.29, 1.82) is 0 Å². The molecule has 2 aliphatic heterocycles. The second-order valence-corrected chi connectivity index (χ2v) is 3.83. The molecule has 5 nitrogen and oxygen atoms in total. The molecule has 1 saturated heterocycles. The van der Waals surface area contributed by atoms with Crippen LogP contribution < -0.4 is 11.1 Å². The predicted octanol–water partition coefficient (Wildman–Crippen LogP) is -0.416. The van der Waals surface area contributed by atoms with Crippen molar-refractivity contribution in [2.75, 3.05) is 6.54 Å². The Morgan fingerprint density at radius 1 is 1.50 bits per heavy atom. The van der Waals surface area contributed by atoms with E-state index < -0.39 is 11.9 Å². The summed E-state index contributed by atoms with van der Waals surface area (Å²) in [7, 11) is 0. The van der Waals surface area contributed by atoms with Crippen molar-refractivity contribution in [3.8, 4) is 0 Å². The third kappa shape index (κ3) is 1.01. The van der Waals surface area contributed by atoms with Crippen LogP contribution in [0.25, 0.3) is 0 Å². The van der Waals surface area contributed by atoms with Crippen LogP contribution in [0.3, 0.4) is 0 Å². The number of nitrogens with two attached hydrogens (primary N) is 1. The van der Waals surface area contributed by atoms with E-state index in [0.29, 0.717) is 6.54 Å². The number of primary amides is 1. The van der Waals surface area contributed by atoms with E-state index in [-0.39, 0.29) is 12.1 Å². The first-order valence-corrected chi connectivity index (χ1v) is 4.56. The lowest BCUT2D eigenvalue weighted by molar-refractivity contribution is -0.121. The summed E-state index contributed by atoms with van der Waals surface area (Å²) in [4.78, 5) is 24.1. The fourth-order valence-corrected chi connectivity index (χ4v) is 2.12. The van der Waals surface area contributed by atoms with E-state index in [0.717, 1.165) is 11.1 Å². The summed E-state index contributed by atoms with van der Waals surface area (Å²) in [6.45, 7) is 4.33. The number of fused-ring (bicyclic) bond motifs is 2. The Bertz CT molecular complexity index is 348. The summed E-state index contributed by atoms with van der Waals surface area (Å²) >= 11 is 0. The molecule has 0 radical (unpaired) electrons. The van der Waals surface area contributed by atoms with Gasteiger partial charge in [-0.3, -0.25) is 4.79 Å². The zero-order valence-corrected chi connectivity index (χ0v) is 8.20. The summed E-state index contributed by atoms with van der Waals surface area (Å²) < 4.78 is 0. The SMILES string of the molecule is CC1=C(C)C(C(N)=O)N2CC1NC2=O. The largest absolute Gasteiger partial charge is 0.368 e. The number of carbonyl (C=O) groups excluding carboxylic acids is 2. The van der Waals surface area contributed by atoms with Crippen molar-refractivity contribution >= 4 is 11.9 Å². The third-order valence-corrected chi connectivity index (χ3v) is 3.07. The highest BCUT2D eigenvalue weighted by atomic mass is 16.2. The molecule has 2 rings (SSSR count). The van der Waals surface area contributed by atoms with Gasteiger partial charge >= 0.3 is 6.03 Å². The Labute approximate surface area is 81.9 Å². The normalized spacial score (nSPS) is 30.7. The first-order chi connectivity index (χ1) is 6.52. The average Bonchev–Trinajstić information content (AvgIpc) is 2.42. The molecule has 0 aromatic heterocycles. The van der Waals surface area contributed by atoms with Gasteiger partial charge in [0.05, 0.1) is 6.04 Å². The molecular formula is C9H13N3O2. The lowest BCUT2D eigenvalue weighted by atomic mass is 9.93. The summed E-state index contributed by atoms with van der Waals surface area (Å²) in [6, 6.07) is -0.707. The zero-order valence-electron chi connectivity index (χ0n) is 8.20. The Hall–Kier alpha value is -1.52. The number of rotatable bonds is 1. The first-order valence-electron chi connectivity index (χ1n) is 4.56.